The number of amides is 1. The van der Waals surface area contributed by atoms with E-state index in [2.05, 4.69) is 5.32 Å². The van der Waals surface area contributed by atoms with Gasteiger partial charge in [-0.3, -0.25) is 4.79 Å². The van der Waals surface area contributed by atoms with Crippen LogP contribution in [0.1, 0.15) is 18.2 Å². The van der Waals surface area contributed by atoms with Crippen molar-refractivity contribution >= 4 is 34.9 Å². The van der Waals surface area contributed by atoms with E-state index in [-0.39, 0.29) is 18.6 Å². The number of ether oxygens (including phenoxy) is 1. The molecular formula is C13H16ClNO3S. The Balaban J connectivity index is 1.83. The topological polar surface area (TPSA) is 58.6 Å². The van der Waals surface area contributed by atoms with Crippen molar-refractivity contribution in [2.75, 3.05) is 13.2 Å². The molecule has 2 unspecified atom stereocenters. The number of nitrogens with one attached hydrogen (secondary N) is 1. The maximum atomic E-state index is 11.7. The quantitative estimate of drug-likeness (QED) is 0.837. The van der Waals surface area contributed by atoms with Gasteiger partial charge in [-0.25, -0.2) is 0 Å². The van der Waals surface area contributed by atoms with Crippen LogP contribution in [-0.2, 0) is 9.53 Å². The zero-order chi connectivity index (χ0) is 13.9. The summed E-state index contributed by atoms with van der Waals surface area (Å²) in [4.78, 5) is 12.6. The van der Waals surface area contributed by atoms with Gasteiger partial charge in [-0.1, -0.05) is 11.6 Å². The van der Waals surface area contributed by atoms with Crippen LogP contribution in [-0.4, -0.2) is 35.9 Å². The van der Waals surface area contributed by atoms with E-state index in [0.29, 0.717) is 17.4 Å². The summed E-state index contributed by atoms with van der Waals surface area (Å²) < 4.78 is 5.99. The van der Waals surface area contributed by atoms with E-state index in [1.807, 2.05) is 13.0 Å². The highest BCUT2D eigenvalue weighted by Crippen LogP contribution is 2.25. The molecule has 0 aromatic carbocycles. The molecule has 1 aliphatic rings. The lowest BCUT2D eigenvalue weighted by Gasteiger charge is -2.25. The number of hydrogen-bond acceptors (Lipinski definition) is 4. The van der Waals surface area contributed by atoms with Crippen molar-refractivity contribution in [1.29, 1.82) is 0 Å². The fourth-order valence-electron chi connectivity index (χ4n) is 1.88. The summed E-state index contributed by atoms with van der Waals surface area (Å²) in [6.45, 7) is 2.53. The van der Waals surface area contributed by atoms with Crippen molar-refractivity contribution in [3.63, 3.8) is 0 Å². The maximum Gasteiger partial charge on any atom is 0.244 e. The lowest BCUT2D eigenvalue weighted by molar-refractivity contribution is -0.118. The Kier molecular flexibility index (Phi) is 4.62. The molecule has 1 aromatic heterocycles. The van der Waals surface area contributed by atoms with Crippen LogP contribution in [0, 0.1) is 0 Å². The van der Waals surface area contributed by atoms with Crippen molar-refractivity contribution in [1.82, 2.24) is 5.32 Å². The number of halogens is 1. The Hall–Kier alpha value is -0.880. The average Bonchev–Trinajstić information content (AvgIpc) is 2.92. The number of thiophene rings is 1. The molecule has 0 aliphatic carbocycles. The monoisotopic (exact) mass is 301 g/mol. The number of carbonyl (C=O) groups is 1. The minimum Gasteiger partial charge on any atom is -0.385 e. The van der Waals surface area contributed by atoms with Crippen LogP contribution >= 0.6 is 22.9 Å². The second kappa shape index (κ2) is 6.05. The molecule has 1 fully saturated rings. The molecule has 0 bridgehead atoms. The number of aliphatic hydroxyl groups is 1. The van der Waals surface area contributed by atoms with Gasteiger partial charge in [0.25, 0.3) is 0 Å². The molecular weight excluding hydrogens is 286 g/mol. The second-order valence-electron chi connectivity index (χ2n) is 4.56. The van der Waals surface area contributed by atoms with Gasteiger partial charge < -0.3 is 15.2 Å². The first-order valence-electron chi connectivity index (χ1n) is 6.05. The molecule has 0 spiro atoms. The first-order chi connectivity index (χ1) is 8.99. The first kappa shape index (κ1) is 14.5. The van der Waals surface area contributed by atoms with Gasteiger partial charge in [0.15, 0.2) is 0 Å². The summed E-state index contributed by atoms with van der Waals surface area (Å²) >= 11 is 7.20. The highest BCUT2D eigenvalue weighted by Gasteiger charge is 2.39. The molecule has 2 atom stereocenters. The van der Waals surface area contributed by atoms with Gasteiger partial charge in [0.1, 0.15) is 5.60 Å². The van der Waals surface area contributed by atoms with Gasteiger partial charge in [-0.2, -0.15) is 0 Å². The molecule has 104 valence electrons. The molecule has 1 amide bonds. The van der Waals surface area contributed by atoms with Gasteiger partial charge in [-0.15, -0.1) is 11.3 Å². The minimum absolute atomic E-state index is 0.197. The van der Waals surface area contributed by atoms with E-state index < -0.39 is 5.60 Å². The van der Waals surface area contributed by atoms with Crippen molar-refractivity contribution in [3.05, 3.63) is 27.4 Å². The van der Waals surface area contributed by atoms with E-state index in [1.165, 1.54) is 17.4 Å². The summed E-state index contributed by atoms with van der Waals surface area (Å²) in [5.74, 6) is -0.239. The number of hydrogen-bond donors (Lipinski definition) is 2. The van der Waals surface area contributed by atoms with Crippen LogP contribution in [0.4, 0.5) is 0 Å². The highest BCUT2D eigenvalue weighted by atomic mass is 35.5. The van der Waals surface area contributed by atoms with E-state index >= 15 is 0 Å². The predicted octanol–water partition coefficient (Wildman–Crippen LogP) is 2.07. The molecule has 0 radical (unpaired) electrons. The van der Waals surface area contributed by atoms with Gasteiger partial charge in [-0.05, 0) is 25.1 Å². The number of carbonyl (C=O) groups excluding carboxylic acids is 1. The molecule has 1 aliphatic heterocycles. The van der Waals surface area contributed by atoms with E-state index in [9.17, 15) is 9.90 Å². The summed E-state index contributed by atoms with van der Waals surface area (Å²) in [6.07, 6.45) is 3.42. The summed E-state index contributed by atoms with van der Waals surface area (Å²) in [6, 6.07) is 3.63. The molecule has 2 heterocycles. The third kappa shape index (κ3) is 3.79. The third-order valence-corrected chi connectivity index (χ3v) is 4.42. The average molecular weight is 302 g/mol. The Morgan fingerprint density at radius 2 is 2.53 bits per heavy atom. The van der Waals surface area contributed by atoms with Gasteiger partial charge in [0.2, 0.25) is 5.91 Å². The third-order valence-electron chi connectivity index (χ3n) is 3.22. The van der Waals surface area contributed by atoms with Crippen LogP contribution in [0.2, 0.25) is 4.34 Å². The fourth-order valence-corrected chi connectivity index (χ4v) is 2.84. The molecule has 4 nitrogen and oxygen atoms in total. The smallest absolute Gasteiger partial charge is 0.244 e. The zero-order valence-electron chi connectivity index (χ0n) is 10.6. The second-order valence-corrected chi connectivity index (χ2v) is 6.31. The minimum atomic E-state index is -0.963. The zero-order valence-corrected chi connectivity index (χ0v) is 12.1. The summed E-state index contributed by atoms with van der Waals surface area (Å²) in [5, 5.41) is 12.9. The molecule has 2 rings (SSSR count). The molecule has 19 heavy (non-hydrogen) atoms. The van der Waals surface area contributed by atoms with Crippen LogP contribution in [0.15, 0.2) is 18.2 Å². The predicted molar refractivity (Wildman–Crippen MR) is 76.4 cm³/mol. The van der Waals surface area contributed by atoms with Crippen LogP contribution in [0.25, 0.3) is 6.08 Å². The largest absolute Gasteiger partial charge is 0.385 e. The maximum absolute atomic E-state index is 11.7. The first-order valence-corrected chi connectivity index (χ1v) is 7.24. The summed E-state index contributed by atoms with van der Waals surface area (Å²) in [5.41, 5.74) is -0.963. The van der Waals surface area contributed by atoms with Crippen molar-refractivity contribution in [3.8, 4) is 0 Å². The van der Waals surface area contributed by atoms with Crippen LogP contribution in [0.5, 0.6) is 0 Å². The molecule has 1 saturated heterocycles. The fraction of sp³-hybridized carbons (Fsp3) is 0.462. The molecule has 2 N–H and O–H groups in total. The van der Waals surface area contributed by atoms with Crippen molar-refractivity contribution in [2.24, 2.45) is 0 Å². The molecule has 1 aromatic rings. The van der Waals surface area contributed by atoms with Crippen molar-refractivity contribution in [2.45, 2.75) is 25.0 Å². The van der Waals surface area contributed by atoms with Gasteiger partial charge in [0, 0.05) is 30.5 Å². The number of rotatable bonds is 4. The van der Waals surface area contributed by atoms with Gasteiger partial charge >= 0.3 is 0 Å². The van der Waals surface area contributed by atoms with E-state index in [4.69, 9.17) is 16.3 Å². The van der Waals surface area contributed by atoms with E-state index in [1.54, 1.807) is 12.1 Å². The lowest BCUT2D eigenvalue weighted by Crippen LogP contribution is -2.47. The Bertz CT molecular complexity index is 488. The standard InChI is InChI=1S/C13H16ClNO3S/c1-9-13(17,6-7-18-9)8-15-12(16)5-3-10-2-4-11(14)19-10/h2-5,9,17H,6-8H2,1H3,(H,15,16)/b5-3+. The molecule has 6 heteroatoms. The van der Waals surface area contributed by atoms with Crippen LogP contribution in [0.3, 0.4) is 0 Å². The van der Waals surface area contributed by atoms with Crippen molar-refractivity contribution < 1.29 is 14.6 Å². The highest BCUT2D eigenvalue weighted by molar-refractivity contribution is 7.17. The molecule has 0 saturated carbocycles. The Morgan fingerprint density at radius 3 is 3.11 bits per heavy atom. The Labute approximate surface area is 121 Å². The van der Waals surface area contributed by atoms with Gasteiger partial charge in [0.05, 0.1) is 10.4 Å². The SMILES string of the molecule is CC1OCCC1(O)CNC(=O)/C=C/c1ccc(Cl)s1. The lowest BCUT2D eigenvalue weighted by atomic mass is 9.97. The van der Waals surface area contributed by atoms with E-state index in [0.717, 1.165) is 4.88 Å². The normalized spacial score (nSPS) is 27.0. The summed E-state index contributed by atoms with van der Waals surface area (Å²) in [7, 11) is 0. The van der Waals surface area contributed by atoms with Crippen LogP contribution < -0.4 is 5.32 Å². The Morgan fingerprint density at radius 1 is 1.74 bits per heavy atom.